The van der Waals surface area contributed by atoms with Crippen molar-refractivity contribution in [3.05, 3.63) is 48.5 Å². The number of thiol groups is 1. The molecule has 0 aromatic heterocycles. The van der Waals surface area contributed by atoms with E-state index in [4.69, 9.17) is 0 Å². The minimum Gasteiger partial charge on any atom is -0.326 e. The third-order valence-electron chi connectivity index (χ3n) is 2.59. The number of carbonyl (C=O) groups is 2. The van der Waals surface area contributed by atoms with Crippen LogP contribution in [0.3, 0.4) is 0 Å². The molecule has 6 heteroatoms. The highest BCUT2D eigenvalue weighted by molar-refractivity contribution is 7.80. The quantitative estimate of drug-likeness (QED) is 0.654. The molecule has 0 unspecified atom stereocenters. The van der Waals surface area contributed by atoms with Gasteiger partial charge in [0.25, 0.3) is 0 Å². The molecule has 0 aliphatic carbocycles. The van der Waals surface area contributed by atoms with Gasteiger partial charge in [-0.25, -0.2) is 4.79 Å². The number of nitrogens with one attached hydrogen (secondary N) is 3. The molecule has 0 aliphatic heterocycles. The van der Waals surface area contributed by atoms with E-state index < -0.39 is 0 Å². The molecular formula is C15H15N3O2S. The Balaban J connectivity index is 2.03. The molecule has 0 heterocycles. The fourth-order valence-electron chi connectivity index (χ4n) is 1.74. The fourth-order valence-corrected chi connectivity index (χ4v) is 1.96. The summed E-state index contributed by atoms with van der Waals surface area (Å²) < 4.78 is 0. The SMILES string of the molecule is CC(=O)Nc1cccc(NC(=O)Nc2ccccc2S)c1. The van der Waals surface area contributed by atoms with Gasteiger partial charge in [0.15, 0.2) is 0 Å². The van der Waals surface area contributed by atoms with Gasteiger partial charge < -0.3 is 16.0 Å². The monoisotopic (exact) mass is 301 g/mol. The zero-order chi connectivity index (χ0) is 15.2. The molecule has 5 nitrogen and oxygen atoms in total. The van der Waals surface area contributed by atoms with Crippen LogP contribution in [-0.2, 0) is 4.79 Å². The molecule has 0 radical (unpaired) electrons. The van der Waals surface area contributed by atoms with E-state index in [1.54, 1.807) is 36.4 Å². The molecule has 0 saturated carbocycles. The molecule has 108 valence electrons. The summed E-state index contributed by atoms with van der Waals surface area (Å²) in [6.07, 6.45) is 0. The Bertz CT molecular complexity index is 673. The number of anilines is 3. The molecule has 2 rings (SSSR count). The maximum absolute atomic E-state index is 11.9. The van der Waals surface area contributed by atoms with Gasteiger partial charge in [-0.1, -0.05) is 18.2 Å². The van der Waals surface area contributed by atoms with Crippen LogP contribution in [0.4, 0.5) is 21.9 Å². The molecule has 0 atom stereocenters. The predicted molar refractivity (Wildman–Crippen MR) is 87.1 cm³/mol. The lowest BCUT2D eigenvalue weighted by Crippen LogP contribution is -2.19. The van der Waals surface area contributed by atoms with Gasteiger partial charge in [-0.2, -0.15) is 0 Å². The summed E-state index contributed by atoms with van der Waals surface area (Å²) in [7, 11) is 0. The molecule has 2 aromatic carbocycles. The highest BCUT2D eigenvalue weighted by atomic mass is 32.1. The first-order valence-corrected chi connectivity index (χ1v) is 6.73. The zero-order valence-corrected chi connectivity index (χ0v) is 12.3. The van der Waals surface area contributed by atoms with E-state index in [1.807, 2.05) is 12.1 Å². The summed E-state index contributed by atoms with van der Waals surface area (Å²) in [6.45, 7) is 1.43. The van der Waals surface area contributed by atoms with Crippen LogP contribution in [0.1, 0.15) is 6.92 Å². The fraction of sp³-hybridized carbons (Fsp3) is 0.0667. The van der Waals surface area contributed by atoms with Gasteiger partial charge in [0.1, 0.15) is 0 Å². The summed E-state index contributed by atoms with van der Waals surface area (Å²) in [6, 6.07) is 13.7. The van der Waals surface area contributed by atoms with E-state index in [0.29, 0.717) is 22.0 Å². The molecular weight excluding hydrogens is 286 g/mol. The van der Waals surface area contributed by atoms with Crippen molar-refractivity contribution in [3.63, 3.8) is 0 Å². The van der Waals surface area contributed by atoms with Gasteiger partial charge >= 0.3 is 6.03 Å². The van der Waals surface area contributed by atoms with E-state index >= 15 is 0 Å². The summed E-state index contributed by atoms with van der Waals surface area (Å²) in [5, 5.41) is 8.06. The van der Waals surface area contributed by atoms with Crippen LogP contribution in [0, 0.1) is 0 Å². The number of urea groups is 1. The summed E-state index contributed by atoms with van der Waals surface area (Å²) >= 11 is 4.26. The lowest BCUT2D eigenvalue weighted by Gasteiger charge is -2.10. The Morgan fingerprint density at radius 3 is 2.24 bits per heavy atom. The predicted octanol–water partition coefficient (Wildman–Crippen LogP) is 3.58. The van der Waals surface area contributed by atoms with E-state index in [0.717, 1.165) is 0 Å². The number of para-hydroxylation sites is 1. The largest absolute Gasteiger partial charge is 0.326 e. The molecule has 0 saturated heterocycles. The van der Waals surface area contributed by atoms with Crippen molar-refractivity contribution in [2.24, 2.45) is 0 Å². The molecule has 0 bridgehead atoms. The normalized spacial score (nSPS) is 9.81. The van der Waals surface area contributed by atoms with Gasteiger partial charge in [-0.05, 0) is 30.3 Å². The summed E-state index contributed by atoms with van der Waals surface area (Å²) in [4.78, 5) is 23.6. The van der Waals surface area contributed by atoms with Gasteiger partial charge in [-0.3, -0.25) is 4.79 Å². The van der Waals surface area contributed by atoms with Crippen molar-refractivity contribution in [1.29, 1.82) is 0 Å². The topological polar surface area (TPSA) is 70.2 Å². The van der Waals surface area contributed by atoms with Crippen LogP contribution in [0.15, 0.2) is 53.4 Å². The highest BCUT2D eigenvalue weighted by Crippen LogP contribution is 2.19. The maximum Gasteiger partial charge on any atom is 0.323 e. The molecule has 3 N–H and O–H groups in total. The Morgan fingerprint density at radius 1 is 0.905 bits per heavy atom. The van der Waals surface area contributed by atoms with Crippen molar-refractivity contribution in [3.8, 4) is 0 Å². The van der Waals surface area contributed by atoms with E-state index in [2.05, 4.69) is 28.6 Å². The van der Waals surface area contributed by atoms with E-state index in [-0.39, 0.29) is 11.9 Å². The van der Waals surface area contributed by atoms with Crippen LogP contribution < -0.4 is 16.0 Å². The van der Waals surface area contributed by atoms with Crippen LogP contribution >= 0.6 is 12.6 Å². The van der Waals surface area contributed by atoms with E-state index in [1.165, 1.54) is 6.92 Å². The van der Waals surface area contributed by atoms with Crippen molar-refractivity contribution >= 4 is 41.6 Å². The van der Waals surface area contributed by atoms with Crippen molar-refractivity contribution in [1.82, 2.24) is 0 Å². The average Bonchev–Trinajstić information content (AvgIpc) is 2.41. The van der Waals surface area contributed by atoms with Crippen molar-refractivity contribution < 1.29 is 9.59 Å². The minimum absolute atomic E-state index is 0.166. The Morgan fingerprint density at radius 2 is 1.57 bits per heavy atom. The van der Waals surface area contributed by atoms with Gasteiger partial charge in [0.2, 0.25) is 5.91 Å². The van der Waals surface area contributed by atoms with Crippen molar-refractivity contribution in [2.45, 2.75) is 11.8 Å². The summed E-state index contributed by atoms with van der Waals surface area (Å²) in [5.74, 6) is -0.166. The zero-order valence-electron chi connectivity index (χ0n) is 11.4. The third-order valence-corrected chi connectivity index (χ3v) is 2.98. The number of hydrogen-bond donors (Lipinski definition) is 4. The maximum atomic E-state index is 11.9. The first-order valence-electron chi connectivity index (χ1n) is 6.28. The summed E-state index contributed by atoms with van der Waals surface area (Å²) in [5.41, 5.74) is 1.82. The first kappa shape index (κ1) is 14.9. The smallest absolute Gasteiger partial charge is 0.323 e. The molecule has 21 heavy (non-hydrogen) atoms. The van der Waals surface area contributed by atoms with Crippen LogP contribution in [0.5, 0.6) is 0 Å². The third kappa shape index (κ3) is 4.54. The lowest BCUT2D eigenvalue weighted by atomic mass is 10.2. The molecule has 0 spiro atoms. The number of benzene rings is 2. The standard InChI is InChI=1S/C15H15N3O2S/c1-10(19)16-11-5-4-6-12(9-11)17-15(20)18-13-7-2-3-8-14(13)21/h2-9,21H,1H3,(H,16,19)(H2,17,18,20). The molecule has 3 amide bonds. The number of amides is 3. The van der Waals surface area contributed by atoms with Gasteiger partial charge in [-0.15, -0.1) is 12.6 Å². The Hall–Kier alpha value is -2.47. The van der Waals surface area contributed by atoms with Gasteiger partial charge in [0.05, 0.1) is 5.69 Å². The first-order chi connectivity index (χ1) is 10.0. The van der Waals surface area contributed by atoms with Crippen molar-refractivity contribution in [2.75, 3.05) is 16.0 Å². The molecule has 0 fully saturated rings. The second-order valence-corrected chi connectivity index (χ2v) is 4.84. The number of rotatable bonds is 3. The molecule has 2 aromatic rings. The van der Waals surface area contributed by atoms with Crippen LogP contribution in [0.2, 0.25) is 0 Å². The number of carbonyl (C=O) groups excluding carboxylic acids is 2. The second-order valence-electron chi connectivity index (χ2n) is 4.36. The molecule has 0 aliphatic rings. The minimum atomic E-state index is -0.378. The van der Waals surface area contributed by atoms with Crippen LogP contribution in [-0.4, -0.2) is 11.9 Å². The number of hydrogen-bond acceptors (Lipinski definition) is 3. The highest BCUT2D eigenvalue weighted by Gasteiger charge is 2.05. The van der Waals surface area contributed by atoms with Gasteiger partial charge in [0, 0.05) is 23.2 Å². The van der Waals surface area contributed by atoms with Crippen LogP contribution in [0.25, 0.3) is 0 Å². The lowest BCUT2D eigenvalue weighted by molar-refractivity contribution is -0.114. The van der Waals surface area contributed by atoms with E-state index in [9.17, 15) is 9.59 Å². The second kappa shape index (κ2) is 6.81. The Labute approximate surface area is 128 Å². The average molecular weight is 301 g/mol. The Kier molecular flexibility index (Phi) is 4.84.